The van der Waals surface area contributed by atoms with Crippen molar-refractivity contribution < 1.29 is 14.3 Å². The molecule has 1 fully saturated rings. The number of anilines is 3. The first-order chi connectivity index (χ1) is 17.5. The molecular weight excluding hydrogens is 456 g/mol. The molecule has 2 aromatic carbocycles. The Bertz CT molecular complexity index is 1410. The van der Waals surface area contributed by atoms with Crippen molar-refractivity contribution in [2.45, 2.75) is 38.6 Å². The number of ketones is 1. The molecule has 5 rings (SSSR count). The first-order valence-electron chi connectivity index (χ1n) is 12.1. The van der Waals surface area contributed by atoms with Crippen molar-refractivity contribution in [3.63, 3.8) is 0 Å². The van der Waals surface area contributed by atoms with Crippen LogP contribution in [-0.2, 0) is 0 Å². The molecule has 9 nitrogen and oxygen atoms in total. The predicted molar refractivity (Wildman–Crippen MR) is 140 cm³/mol. The molecule has 4 N–H and O–H groups in total. The summed E-state index contributed by atoms with van der Waals surface area (Å²) < 4.78 is 7.49. The highest BCUT2D eigenvalue weighted by Gasteiger charge is 2.25. The van der Waals surface area contributed by atoms with E-state index in [1.54, 1.807) is 48.5 Å². The molecular formula is C27H28N6O3. The SMILES string of the molecule is CCOc1ccc(NC(=O)Nc2cccc(C(=O)c3cn(C4CCCC4)c4ncnc(N)c34)c2)cc1. The highest BCUT2D eigenvalue weighted by Crippen LogP contribution is 2.35. The van der Waals surface area contributed by atoms with Crippen LogP contribution in [0.5, 0.6) is 5.75 Å². The Morgan fingerprint density at radius 1 is 1.06 bits per heavy atom. The first-order valence-corrected chi connectivity index (χ1v) is 12.1. The summed E-state index contributed by atoms with van der Waals surface area (Å²) in [6.45, 7) is 2.48. The maximum Gasteiger partial charge on any atom is 0.323 e. The van der Waals surface area contributed by atoms with Crippen LogP contribution in [0.25, 0.3) is 11.0 Å². The zero-order chi connectivity index (χ0) is 25.1. The number of urea groups is 1. The van der Waals surface area contributed by atoms with Crippen LogP contribution >= 0.6 is 0 Å². The summed E-state index contributed by atoms with van der Waals surface area (Å²) in [5.74, 6) is 0.813. The number of carbonyl (C=O) groups excluding carboxylic acids is 2. The number of hydrogen-bond donors (Lipinski definition) is 3. The van der Waals surface area contributed by atoms with Gasteiger partial charge in [0, 0.05) is 29.2 Å². The molecule has 184 valence electrons. The molecule has 2 amide bonds. The van der Waals surface area contributed by atoms with Gasteiger partial charge in [0.2, 0.25) is 0 Å². The largest absolute Gasteiger partial charge is 0.494 e. The van der Waals surface area contributed by atoms with Crippen LogP contribution in [0.3, 0.4) is 0 Å². The number of amides is 2. The zero-order valence-electron chi connectivity index (χ0n) is 20.0. The predicted octanol–water partition coefficient (Wildman–Crippen LogP) is 5.40. The number of nitrogens with one attached hydrogen (secondary N) is 2. The van der Waals surface area contributed by atoms with Crippen LogP contribution in [0.15, 0.2) is 61.1 Å². The Morgan fingerprint density at radius 3 is 2.56 bits per heavy atom. The summed E-state index contributed by atoms with van der Waals surface area (Å²) >= 11 is 0. The second-order valence-electron chi connectivity index (χ2n) is 8.79. The van der Waals surface area contributed by atoms with Crippen molar-refractivity contribution in [2.24, 2.45) is 0 Å². The Labute approximate surface area is 208 Å². The molecule has 2 heterocycles. The second-order valence-corrected chi connectivity index (χ2v) is 8.79. The number of nitrogen functional groups attached to an aromatic ring is 1. The van der Waals surface area contributed by atoms with E-state index in [4.69, 9.17) is 10.5 Å². The third kappa shape index (κ3) is 4.72. The van der Waals surface area contributed by atoms with Crippen molar-refractivity contribution in [1.82, 2.24) is 14.5 Å². The maximum atomic E-state index is 13.6. The van der Waals surface area contributed by atoms with Crippen molar-refractivity contribution in [2.75, 3.05) is 23.0 Å². The van der Waals surface area contributed by atoms with E-state index in [0.717, 1.165) is 31.4 Å². The molecule has 0 atom stereocenters. The molecule has 1 aliphatic rings. The summed E-state index contributed by atoms with van der Waals surface area (Å²) in [6, 6.07) is 13.8. The van der Waals surface area contributed by atoms with E-state index in [-0.39, 0.29) is 11.6 Å². The number of benzene rings is 2. The van der Waals surface area contributed by atoms with Crippen molar-refractivity contribution >= 4 is 40.0 Å². The molecule has 36 heavy (non-hydrogen) atoms. The highest BCUT2D eigenvalue weighted by atomic mass is 16.5. The van der Waals surface area contributed by atoms with Crippen molar-refractivity contribution in [1.29, 1.82) is 0 Å². The van der Waals surface area contributed by atoms with E-state index in [1.807, 2.05) is 13.1 Å². The lowest BCUT2D eigenvalue weighted by molar-refractivity contribution is 0.104. The molecule has 0 aliphatic heterocycles. The van der Waals surface area contributed by atoms with Gasteiger partial charge >= 0.3 is 6.03 Å². The summed E-state index contributed by atoms with van der Waals surface area (Å²) in [7, 11) is 0. The van der Waals surface area contributed by atoms with Crippen LogP contribution < -0.4 is 21.1 Å². The van der Waals surface area contributed by atoms with Gasteiger partial charge in [-0.2, -0.15) is 0 Å². The highest BCUT2D eigenvalue weighted by molar-refractivity contribution is 6.18. The van der Waals surface area contributed by atoms with Crippen LogP contribution in [0.2, 0.25) is 0 Å². The van der Waals surface area contributed by atoms with E-state index >= 15 is 0 Å². The summed E-state index contributed by atoms with van der Waals surface area (Å²) in [4.78, 5) is 34.7. The smallest absolute Gasteiger partial charge is 0.323 e. The fraction of sp³-hybridized carbons (Fsp3) is 0.259. The quantitative estimate of drug-likeness (QED) is 0.302. The van der Waals surface area contributed by atoms with Gasteiger partial charge in [0.15, 0.2) is 5.78 Å². The molecule has 0 bridgehead atoms. The normalized spacial score (nSPS) is 13.6. The summed E-state index contributed by atoms with van der Waals surface area (Å²) in [6.07, 6.45) is 7.69. The lowest BCUT2D eigenvalue weighted by Crippen LogP contribution is -2.19. The number of carbonyl (C=O) groups is 2. The molecule has 1 saturated carbocycles. The zero-order valence-corrected chi connectivity index (χ0v) is 20.0. The number of aromatic nitrogens is 3. The molecule has 0 unspecified atom stereocenters. The van der Waals surface area contributed by atoms with Gasteiger partial charge in [0.05, 0.1) is 17.6 Å². The van der Waals surface area contributed by atoms with Crippen LogP contribution in [0, 0.1) is 0 Å². The number of fused-ring (bicyclic) bond motifs is 1. The van der Waals surface area contributed by atoms with Gasteiger partial charge in [0.1, 0.15) is 23.5 Å². The summed E-state index contributed by atoms with van der Waals surface area (Å²) in [5.41, 5.74) is 8.89. The molecule has 0 spiro atoms. The lowest BCUT2D eigenvalue weighted by atomic mass is 10.0. The number of nitrogens with two attached hydrogens (primary N) is 1. The lowest BCUT2D eigenvalue weighted by Gasteiger charge is -2.12. The van der Waals surface area contributed by atoms with Crippen molar-refractivity contribution in [3.8, 4) is 5.75 Å². The third-order valence-electron chi connectivity index (χ3n) is 6.41. The molecule has 1 aliphatic carbocycles. The van der Waals surface area contributed by atoms with Gasteiger partial charge < -0.3 is 25.7 Å². The van der Waals surface area contributed by atoms with Crippen LogP contribution in [0.1, 0.15) is 54.6 Å². The first kappa shape index (κ1) is 23.3. The van der Waals surface area contributed by atoms with E-state index in [9.17, 15) is 9.59 Å². The number of rotatable bonds is 7. The van der Waals surface area contributed by atoms with Gasteiger partial charge in [-0.15, -0.1) is 0 Å². The molecule has 9 heteroatoms. The minimum atomic E-state index is -0.417. The number of hydrogen-bond acceptors (Lipinski definition) is 6. The van der Waals surface area contributed by atoms with Gasteiger partial charge in [-0.05, 0) is 56.2 Å². The van der Waals surface area contributed by atoms with E-state index in [1.165, 1.54) is 6.33 Å². The standard InChI is InChI=1S/C27H28N6O3/c1-2-36-21-12-10-18(11-13-21)31-27(35)32-19-7-5-6-17(14-19)24(34)22-15-33(20-8-3-4-9-20)26-23(22)25(28)29-16-30-26/h5-7,10-16,20H,2-4,8-9H2,1H3,(H2,28,29,30)(H2,31,32,35). The number of ether oxygens (including phenoxy) is 1. The fourth-order valence-corrected chi connectivity index (χ4v) is 4.73. The van der Waals surface area contributed by atoms with E-state index in [2.05, 4.69) is 25.2 Å². The molecule has 0 saturated heterocycles. The van der Waals surface area contributed by atoms with Crippen molar-refractivity contribution in [3.05, 3.63) is 72.2 Å². The fourth-order valence-electron chi connectivity index (χ4n) is 4.73. The monoisotopic (exact) mass is 484 g/mol. The van der Waals surface area contributed by atoms with Gasteiger partial charge in [-0.25, -0.2) is 14.8 Å². The van der Waals surface area contributed by atoms with Gasteiger partial charge in [-0.3, -0.25) is 4.79 Å². The minimum absolute atomic E-state index is 0.200. The Balaban J connectivity index is 1.36. The molecule has 0 radical (unpaired) electrons. The van der Waals surface area contributed by atoms with E-state index in [0.29, 0.717) is 46.2 Å². The van der Waals surface area contributed by atoms with Gasteiger partial charge in [0.25, 0.3) is 0 Å². The van der Waals surface area contributed by atoms with Crippen LogP contribution in [0.4, 0.5) is 22.0 Å². The number of nitrogens with zero attached hydrogens (tertiary/aromatic N) is 3. The second kappa shape index (κ2) is 10.1. The summed E-state index contributed by atoms with van der Waals surface area (Å²) in [5, 5.41) is 6.14. The van der Waals surface area contributed by atoms with E-state index < -0.39 is 6.03 Å². The third-order valence-corrected chi connectivity index (χ3v) is 6.41. The molecule has 4 aromatic rings. The topological polar surface area (TPSA) is 124 Å². The Hall–Kier alpha value is -4.40. The average Bonchev–Trinajstić information content (AvgIpc) is 3.54. The maximum absolute atomic E-state index is 13.6. The average molecular weight is 485 g/mol. The minimum Gasteiger partial charge on any atom is -0.494 e. The van der Waals surface area contributed by atoms with Gasteiger partial charge in [-0.1, -0.05) is 25.0 Å². The molecule has 2 aromatic heterocycles. The van der Waals surface area contributed by atoms with Crippen LogP contribution in [-0.4, -0.2) is 33.0 Å². The Kier molecular flexibility index (Phi) is 6.53. The Morgan fingerprint density at radius 2 is 1.81 bits per heavy atom.